The minimum atomic E-state index is 0. The van der Waals surface area contributed by atoms with Gasteiger partial charge in [-0.1, -0.05) is 87.1 Å². The average molecular weight is 679 g/mol. The van der Waals surface area contributed by atoms with Gasteiger partial charge in [-0.25, -0.2) is 0 Å². The number of carbonyl (C=O) groups excluding carboxylic acids is 2. The maximum Gasteiger partial charge on any atom is 0.216 e. The fourth-order valence-corrected chi connectivity index (χ4v) is 6.92. The van der Waals surface area contributed by atoms with Crippen molar-refractivity contribution in [3.05, 3.63) is 59.7 Å². The van der Waals surface area contributed by atoms with E-state index in [1.807, 2.05) is 48.5 Å². The van der Waals surface area contributed by atoms with Gasteiger partial charge in [0.1, 0.15) is 13.1 Å². The Bertz CT molecular complexity index is 981. The fraction of sp³-hybridized carbons (Fsp3) is 0.588. The Labute approximate surface area is 264 Å². The molecule has 2 aromatic rings. The number of halogens is 2. The molecule has 0 bridgehead atoms. The highest BCUT2D eigenvalue weighted by molar-refractivity contribution is 5.98. The van der Waals surface area contributed by atoms with E-state index in [-0.39, 0.29) is 45.5 Å². The standard InChI is InChI=1S/C34H50N2O2.2BrH/c1-35(2,23-27-11-7-5-8-12-27)25-33(37)31-19-15-29(16-20-31)30-17-21-32(22-18-30)34(38)26-36(3,4)24-28-13-9-6-10-14-28;;/h15-22,27-28H,5-14,23-26H2,1-4H3;2*1H/q+2;;/p-2. The van der Waals surface area contributed by atoms with E-state index >= 15 is 0 Å². The van der Waals surface area contributed by atoms with Crippen molar-refractivity contribution in [2.24, 2.45) is 11.8 Å². The molecule has 0 aromatic heterocycles. The van der Waals surface area contributed by atoms with Gasteiger partial charge in [-0.2, -0.15) is 0 Å². The highest BCUT2D eigenvalue weighted by atomic mass is 79.9. The summed E-state index contributed by atoms with van der Waals surface area (Å²) in [6.45, 7) is 3.27. The molecule has 0 amide bonds. The molecule has 0 saturated heterocycles. The van der Waals surface area contributed by atoms with Crippen molar-refractivity contribution in [1.82, 2.24) is 0 Å². The van der Waals surface area contributed by atoms with Gasteiger partial charge in [-0.05, 0) is 36.8 Å². The Hall–Kier alpha value is -1.34. The van der Waals surface area contributed by atoms with Gasteiger partial charge < -0.3 is 42.9 Å². The Morgan fingerprint density at radius 3 is 1.15 bits per heavy atom. The Morgan fingerprint density at radius 1 is 0.550 bits per heavy atom. The van der Waals surface area contributed by atoms with Gasteiger partial charge in [0.15, 0.2) is 0 Å². The largest absolute Gasteiger partial charge is 1.00 e. The van der Waals surface area contributed by atoms with Gasteiger partial charge >= 0.3 is 0 Å². The summed E-state index contributed by atoms with van der Waals surface area (Å²) < 4.78 is 1.52. The van der Waals surface area contributed by atoms with Gasteiger partial charge in [0.2, 0.25) is 11.6 Å². The molecule has 0 atom stereocenters. The van der Waals surface area contributed by atoms with E-state index in [0.29, 0.717) is 13.1 Å². The monoisotopic (exact) mass is 676 g/mol. The molecule has 222 valence electrons. The van der Waals surface area contributed by atoms with Gasteiger partial charge in [0.25, 0.3) is 0 Å². The van der Waals surface area contributed by atoms with Crippen LogP contribution >= 0.6 is 0 Å². The van der Waals surface area contributed by atoms with Crippen LogP contribution in [0.3, 0.4) is 0 Å². The molecule has 2 aromatic carbocycles. The maximum atomic E-state index is 13.1. The van der Waals surface area contributed by atoms with Crippen molar-refractivity contribution in [3.63, 3.8) is 0 Å². The zero-order chi connectivity index (χ0) is 27.2. The van der Waals surface area contributed by atoms with Crippen LogP contribution in [-0.4, -0.2) is 74.9 Å². The summed E-state index contributed by atoms with van der Waals surface area (Å²) in [6, 6.07) is 16.0. The normalized spacial score (nSPS) is 17.0. The topological polar surface area (TPSA) is 34.1 Å². The number of quaternary nitrogens is 2. The van der Waals surface area contributed by atoms with Gasteiger partial charge in [-0.3, -0.25) is 9.59 Å². The highest BCUT2D eigenvalue weighted by Gasteiger charge is 2.28. The number of rotatable bonds is 11. The molecular formula is C34H50Br2N2O2. The van der Waals surface area contributed by atoms with E-state index in [1.54, 1.807) is 0 Å². The van der Waals surface area contributed by atoms with E-state index in [0.717, 1.165) is 56.1 Å². The second kappa shape index (κ2) is 15.8. The zero-order valence-corrected chi connectivity index (χ0v) is 28.3. The third-order valence-corrected chi connectivity index (χ3v) is 8.84. The second-order valence-electron chi connectivity index (χ2n) is 13.6. The van der Waals surface area contributed by atoms with Crippen molar-refractivity contribution in [1.29, 1.82) is 0 Å². The summed E-state index contributed by atoms with van der Waals surface area (Å²) in [6.07, 6.45) is 13.3. The number of Topliss-reactive ketones (excluding diaryl/α,β-unsaturated/α-hetero) is 2. The van der Waals surface area contributed by atoms with Crippen LogP contribution in [0.4, 0.5) is 0 Å². The van der Waals surface area contributed by atoms with Crippen LogP contribution in [0.2, 0.25) is 0 Å². The summed E-state index contributed by atoms with van der Waals surface area (Å²) in [4.78, 5) is 26.1. The molecule has 0 unspecified atom stereocenters. The van der Waals surface area contributed by atoms with Crippen molar-refractivity contribution < 1.29 is 52.5 Å². The predicted octanol–water partition coefficient (Wildman–Crippen LogP) is 1.04. The van der Waals surface area contributed by atoms with E-state index < -0.39 is 0 Å². The number of hydrogen-bond acceptors (Lipinski definition) is 2. The first-order valence-electron chi connectivity index (χ1n) is 15.0. The average Bonchev–Trinajstić information content (AvgIpc) is 2.89. The summed E-state index contributed by atoms with van der Waals surface area (Å²) in [7, 11) is 8.78. The van der Waals surface area contributed by atoms with Crippen LogP contribution in [-0.2, 0) is 0 Å². The molecule has 6 heteroatoms. The molecule has 0 radical (unpaired) electrons. The van der Waals surface area contributed by atoms with E-state index in [2.05, 4.69) is 28.2 Å². The number of carbonyl (C=O) groups is 2. The van der Waals surface area contributed by atoms with E-state index in [4.69, 9.17) is 0 Å². The maximum absolute atomic E-state index is 13.1. The van der Waals surface area contributed by atoms with Gasteiger partial charge in [-0.15, -0.1) is 0 Å². The molecule has 0 N–H and O–H groups in total. The molecule has 2 saturated carbocycles. The lowest BCUT2D eigenvalue weighted by Gasteiger charge is -2.34. The van der Waals surface area contributed by atoms with Crippen LogP contribution in [0.25, 0.3) is 11.1 Å². The number of likely N-dealkylation sites (N-methyl/N-ethyl adjacent to an activating group) is 2. The van der Waals surface area contributed by atoms with Crippen LogP contribution in [0.1, 0.15) is 84.9 Å². The summed E-state index contributed by atoms with van der Waals surface area (Å²) >= 11 is 0. The van der Waals surface area contributed by atoms with Crippen LogP contribution in [0.15, 0.2) is 48.5 Å². The van der Waals surface area contributed by atoms with Crippen molar-refractivity contribution in [2.75, 3.05) is 54.4 Å². The number of nitrogens with zero attached hydrogens (tertiary/aromatic N) is 2. The Balaban J connectivity index is 0.00000280. The molecule has 0 spiro atoms. The quantitative estimate of drug-likeness (QED) is 0.263. The summed E-state index contributed by atoms with van der Waals surface area (Å²) in [5.41, 5.74) is 3.72. The Kier molecular flexibility index (Phi) is 13.7. The zero-order valence-electron chi connectivity index (χ0n) is 25.1. The summed E-state index contributed by atoms with van der Waals surface area (Å²) in [5.74, 6) is 1.94. The lowest BCUT2D eigenvalue weighted by atomic mass is 9.88. The second-order valence-corrected chi connectivity index (χ2v) is 13.6. The number of ketones is 2. The molecule has 0 heterocycles. The molecule has 4 rings (SSSR count). The number of hydrogen-bond donors (Lipinski definition) is 0. The minimum Gasteiger partial charge on any atom is -1.00 e. The molecule has 2 aliphatic rings. The SMILES string of the molecule is C[N+](C)(CC(=O)c1ccc(-c2ccc(C(=O)C[N+](C)(C)CC3CCCCC3)cc2)cc1)CC1CCCCC1.[Br-].[Br-]. The molecule has 4 nitrogen and oxygen atoms in total. The molecule has 40 heavy (non-hydrogen) atoms. The first-order chi connectivity index (χ1) is 18.1. The van der Waals surface area contributed by atoms with Crippen LogP contribution < -0.4 is 34.0 Å². The van der Waals surface area contributed by atoms with E-state index in [1.165, 1.54) is 64.2 Å². The van der Waals surface area contributed by atoms with Crippen molar-refractivity contribution >= 4 is 11.6 Å². The molecular weight excluding hydrogens is 628 g/mol. The van der Waals surface area contributed by atoms with Gasteiger partial charge in [0.05, 0.1) is 41.3 Å². The van der Waals surface area contributed by atoms with E-state index in [9.17, 15) is 9.59 Å². The van der Waals surface area contributed by atoms with Crippen LogP contribution in [0, 0.1) is 11.8 Å². The third-order valence-electron chi connectivity index (χ3n) is 8.84. The molecule has 0 aliphatic heterocycles. The lowest BCUT2D eigenvalue weighted by Crippen LogP contribution is -3.00. The summed E-state index contributed by atoms with van der Waals surface area (Å²) in [5, 5.41) is 0. The predicted molar refractivity (Wildman–Crippen MR) is 157 cm³/mol. The van der Waals surface area contributed by atoms with Crippen molar-refractivity contribution in [3.8, 4) is 11.1 Å². The number of benzene rings is 2. The first-order valence-corrected chi connectivity index (χ1v) is 15.0. The van der Waals surface area contributed by atoms with Gasteiger partial charge in [0, 0.05) is 23.0 Å². The molecule has 2 fully saturated rings. The third kappa shape index (κ3) is 10.5. The van der Waals surface area contributed by atoms with Crippen molar-refractivity contribution in [2.45, 2.75) is 64.2 Å². The lowest BCUT2D eigenvalue weighted by molar-refractivity contribution is -0.885. The first kappa shape index (κ1) is 34.9. The highest BCUT2D eigenvalue weighted by Crippen LogP contribution is 2.27. The smallest absolute Gasteiger partial charge is 0.216 e. The Morgan fingerprint density at radius 2 is 0.850 bits per heavy atom. The fourth-order valence-electron chi connectivity index (χ4n) is 6.92. The molecule has 2 aliphatic carbocycles. The van der Waals surface area contributed by atoms with Crippen LogP contribution in [0.5, 0.6) is 0 Å². The minimum absolute atomic E-state index is 0.